The van der Waals surface area contributed by atoms with Crippen LogP contribution in [0.3, 0.4) is 0 Å². The number of fused-ring (bicyclic) bond motifs is 3. The van der Waals surface area contributed by atoms with Gasteiger partial charge >= 0.3 is 0 Å². The smallest absolute Gasteiger partial charge is 0.254 e. The SMILES string of the molecule is O=C(Nc1ccc2c(c1)OCCCO2)[C@H]1[C@H]2CC[C@@H](C2)N1C(=O)c1ccccc1. The van der Waals surface area contributed by atoms with Gasteiger partial charge in [0.15, 0.2) is 11.5 Å². The molecule has 0 aromatic heterocycles. The van der Waals surface area contributed by atoms with Gasteiger partial charge in [0.1, 0.15) is 6.04 Å². The second-order valence-corrected chi connectivity index (χ2v) is 7.95. The molecule has 2 aromatic carbocycles. The first kappa shape index (κ1) is 18.0. The van der Waals surface area contributed by atoms with Crippen LogP contribution in [0.2, 0.25) is 0 Å². The molecule has 1 saturated carbocycles. The molecular formula is C23H24N2O4. The number of ether oxygens (including phenoxy) is 2. The Bertz CT molecular complexity index is 930. The quantitative estimate of drug-likeness (QED) is 0.868. The Kier molecular flexibility index (Phi) is 4.62. The van der Waals surface area contributed by atoms with Gasteiger partial charge in [0.25, 0.3) is 5.91 Å². The summed E-state index contributed by atoms with van der Waals surface area (Å²) in [4.78, 5) is 28.2. The average Bonchev–Trinajstić information content (AvgIpc) is 3.28. The van der Waals surface area contributed by atoms with Gasteiger partial charge in [-0.3, -0.25) is 9.59 Å². The fourth-order valence-electron chi connectivity index (χ4n) is 4.80. The molecule has 150 valence electrons. The van der Waals surface area contributed by atoms with Crippen LogP contribution in [0.4, 0.5) is 5.69 Å². The lowest BCUT2D eigenvalue weighted by atomic mass is 9.97. The van der Waals surface area contributed by atoms with Crippen LogP contribution in [-0.2, 0) is 4.79 Å². The van der Waals surface area contributed by atoms with Gasteiger partial charge in [0, 0.05) is 29.8 Å². The highest BCUT2D eigenvalue weighted by molar-refractivity contribution is 6.02. The van der Waals surface area contributed by atoms with E-state index in [0.29, 0.717) is 36.0 Å². The van der Waals surface area contributed by atoms with Crippen LogP contribution in [0.5, 0.6) is 11.5 Å². The van der Waals surface area contributed by atoms with Gasteiger partial charge in [-0.2, -0.15) is 0 Å². The molecule has 2 aromatic rings. The molecule has 0 unspecified atom stereocenters. The molecule has 1 N–H and O–H groups in total. The van der Waals surface area contributed by atoms with Crippen molar-refractivity contribution in [1.82, 2.24) is 4.90 Å². The second-order valence-electron chi connectivity index (χ2n) is 7.95. The molecule has 1 aliphatic carbocycles. The van der Waals surface area contributed by atoms with Gasteiger partial charge in [-0.05, 0) is 49.4 Å². The number of carbonyl (C=O) groups excluding carboxylic acids is 2. The van der Waals surface area contributed by atoms with Gasteiger partial charge in [0.05, 0.1) is 13.2 Å². The second kappa shape index (κ2) is 7.43. The van der Waals surface area contributed by atoms with E-state index in [1.165, 1.54) is 0 Å². The molecule has 5 rings (SSSR count). The highest BCUT2D eigenvalue weighted by Gasteiger charge is 2.51. The van der Waals surface area contributed by atoms with Gasteiger partial charge in [-0.15, -0.1) is 0 Å². The minimum absolute atomic E-state index is 0.0587. The molecule has 29 heavy (non-hydrogen) atoms. The predicted molar refractivity (Wildman–Crippen MR) is 108 cm³/mol. The third kappa shape index (κ3) is 3.33. The molecule has 3 aliphatic rings. The van der Waals surface area contributed by atoms with E-state index in [0.717, 1.165) is 25.7 Å². The molecule has 0 spiro atoms. The minimum atomic E-state index is -0.433. The van der Waals surface area contributed by atoms with Gasteiger partial charge in [-0.25, -0.2) is 0 Å². The normalized spacial score (nSPS) is 24.8. The van der Waals surface area contributed by atoms with Crippen molar-refractivity contribution in [2.24, 2.45) is 5.92 Å². The van der Waals surface area contributed by atoms with E-state index >= 15 is 0 Å². The molecule has 2 amide bonds. The number of nitrogens with one attached hydrogen (secondary N) is 1. The monoisotopic (exact) mass is 392 g/mol. The number of likely N-dealkylation sites (tertiary alicyclic amines) is 1. The van der Waals surface area contributed by atoms with E-state index in [4.69, 9.17) is 9.47 Å². The van der Waals surface area contributed by atoms with Crippen molar-refractivity contribution in [3.8, 4) is 11.5 Å². The zero-order valence-corrected chi connectivity index (χ0v) is 16.2. The summed E-state index contributed by atoms with van der Waals surface area (Å²) in [5.41, 5.74) is 1.29. The number of hydrogen-bond donors (Lipinski definition) is 1. The van der Waals surface area contributed by atoms with Crippen molar-refractivity contribution in [3.05, 3.63) is 54.1 Å². The summed E-state index contributed by atoms with van der Waals surface area (Å²) >= 11 is 0. The summed E-state index contributed by atoms with van der Waals surface area (Å²) in [6.45, 7) is 1.22. The predicted octanol–water partition coefficient (Wildman–Crippen LogP) is 3.48. The van der Waals surface area contributed by atoms with Gasteiger partial charge < -0.3 is 19.7 Å². The Morgan fingerprint density at radius 2 is 1.76 bits per heavy atom. The summed E-state index contributed by atoms with van der Waals surface area (Å²) in [5.74, 6) is 1.37. The van der Waals surface area contributed by atoms with E-state index < -0.39 is 6.04 Å². The fraction of sp³-hybridized carbons (Fsp3) is 0.391. The van der Waals surface area contributed by atoms with Crippen molar-refractivity contribution in [2.75, 3.05) is 18.5 Å². The lowest BCUT2D eigenvalue weighted by Gasteiger charge is -2.34. The summed E-state index contributed by atoms with van der Waals surface area (Å²) in [5, 5.41) is 3.01. The van der Waals surface area contributed by atoms with Crippen molar-refractivity contribution >= 4 is 17.5 Å². The Balaban J connectivity index is 1.37. The number of rotatable bonds is 3. The molecule has 6 nitrogen and oxygen atoms in total. The highest BCUT2D eigenvalue weighted by Crippen LogP contribution is 2.43. The zero-order chi connectivity index (χ0) is 19.8. The van der Waals surface area contributed by atoms with Gasteiger partial charge in [-0.1, -0.05) is 18.2 Å². The number of carbonyl (C=O) groups is 2. The van der Waals surface area contributed by atoms with Crippen molar-refractivity contribution in [3.63, 3.8) is 0 Å². The molecule has 3 atom stereocenters. The number of hydrogen-bond acceptors (Lipinski definition) is 4. The standard InChI is InChI=1S/C23H24N2O4/c26-22(24-17-8-10-19-20(14-17)29-12-4-11-28-19)21-16-7-9-18(13-16)25(21)23(27)15-5-2-1-3-6-15/h1-3,5-6,8,10,14,16,18,21H,4,7,9,11-13H2,(H,24,26)/t16-,18-,21+/m0/s1. The first-order valence-corrected chi connectivity index (χ1v) is 10.3. The van der Waals surface area contributed by atoms with Crippen molar-refractivity contribution < 1.29 is 19.1 Å². The van der Waals surface area contributed by atoms with Crippen LogP contribution in [0, 0.1) is 5.92 Å². The lowest BCUT2D eigenvalue weighted by molar-refractivity contribution is -0.121. The number of piperidine rings is 1. The van der Waals surface area contributed by atoms with E-state index in [1.807, 2.05) is 47.4 Å². The Morgan fingerprint density at radius 1 is 0.966 bits per heavy atom. The number of anilines is 1. The minimum Gasteiger partial charge on any atom is -0.490 e. The topological polar surface area (TPSA) is 67.9 Å². The van der Waals surface area contributed by atoms with Crippen LogP contribution in [0.25, 0.3) is 0 Å². The van der Waals surface area contributed by atoms with Gasteiger partial charge in [0.2, 0.25) is 5.91 Å². The number of benzene rings is 2. The van der Waals surface area contributed by atoms with Crippen LogP contribution in [0.1, 0.15) is 36.0 Å². The summed E-state index contributed by atoms with van der Waals surface area (Å²) < 4.78 is 11.4. The Labute approximate surface area is 169 Å². The maximum absolute atomic E-state index is 13.2. The fourth-order valence-corrected chi connectivity index (χ4v) is 4.80. The molecule has 2 fully saturated rings. The third-order valence-electron chi connectivity index (χ3n) is 6.12. The molecule has 2 aliphatic heterocycles. The molecule has 0 radical (unpaired) electrons. The summed E-state index contributed by atoms with van der Waals surface area (Å²) in [6.07, 6.45) is 3.69. The highest BCUT2D eigenvalue weighted by atomic mass is 16.5. The van der Waals surface area contributed by atoms with Crippen molar-refractivity contribution in [2.45, 2.75) is 37.8 Å². The number of nitrogens with zero attached hydrogens (tertiary/aromatic N) is 1. The van der Waals surface area contributed by atoms with Crippen LogP contribution >= 0.6 is 0 Å². The number of amides is 2. The third-order valence-corrected chi connectivity index (χ3v) is 6.12. The summed E-state index contributed by atoms with van der Waals surface area (Å²) in [7, 11) is 0. The molecule has 6 heteroatoms. The molecule has 1 saturated heterocycles. The maximum atomic E-state index is 13.2. The van der Waals surface area contributed by atoms with E-state index in [1.54, 1.807) is 6.07 Å². The van der Waals surface area contributed by atoms with Crippen molar-refractivity contribution in [1.29, 1.82) is 0 Å². The Morgan fingerprint density at radius 3 is 2.59 bits per heavy atom. The van der Waals surface area contributed by atoms with E-state index in [9.17, 15) is 9.59 Å². The molecule has 2 heterocycles. The van der Waals surface area contributed by atoms with Crippen LogP contribution in [-0.4, -0.2) is 42.0 Å². The largest absolute Gasteiger partial charge is 0.490 e. The van der Waals surface area contributed by atoms with E-state index in [-0.39, 0.29) is 23.8 Å². The molecule has 2 bridgehead atoms. The van der Waals surface area contributed by atoms with Crippen LogP contribution < -0.4 is 14.8 Å². The first-order chi connectivity index (χ1) is 14.2. The zero-order valence-electron chi connectivity index (χ0n) is 16.2. The van der Waals surface area contributed by atoms with E-state index in [2.05, 4.69) is 5.32 Å². The average molecular weight is 392 g/mol. The Hall–Kier alpha value is -3.02. The maximum Gasteiger partial charge on any atom is 0.254 e. The van der Waals surface area contributed by atoms with Crippen LogP contribution in [0.15, 0.2) is 48.5 Å². The lowest BCUT2D eigenvalue weighted by Crippen LogP contribution is -2.50. The molecular weight excluding hydrogens is 368 g/mol. The first-order valence-electron chi connectivity index (χ1n) is 10.3. The summed E-state index contributed by atoms with van der Waals surface area (Å²) in [6, 6.07) is 14.4.